The van der Waals surface area contributed by atoms with E-state index >= 15 is 0 Å². The number of hydrogen-bond donors (Lipinski definition) is 0. The van der Waals surface area contributed by atoms with Crippen molar-refractivity contribution in [2.24, 2.45) is 0 Å². The van der Waals surface area contributed by atoms with E-state index in [4.69, 9.17) is 0 Å². The fourth-order valence-corrected chi connectivity index (χ4v) is 2.55. The zero-order chi connectivity index (χ0) is 10.7. The molecule has 82 valence electrons. The Morgan fingerprint density at radius 2 is 1.80 bits per heavy atom. The second-order valence-electron chi connectivity index (χ2n) is 3.75. The molecule has 0 aromatic heterocycles. The summed E-state index contributed by atoms with van der Waals surface area (Å²) in [7, 11) is 0. The average Bonchev–Trinajstić information content (AvgIpc) is 2.30. The number of para-hydroxylation sites is 1. The summed E-state index contributed by atoms with van der Waals surface area (Å²) in [5.41, 5.74) is 0.852. The minimum atomic E-state index is -2.13. The highest BCUT2D eigenvalue weighted by Gasteiger charge is 2.13. The van der Waals surface area contributed by atoms with E-state index in [1.54, 1.807) is 12.1 Å². The normalized spacial score (nSPS) is 18.9. The SMILES string of the molecule is O=S([O-])c1ccccc1N1CCCCC1. The summed E-state index contributed by atoms with van der Waals surface area (Å²) in [5, 5.41) is 0. The summed E-state index contributed by atoms with van der Waals surface area (Å²) >= 11 is -2.13. The van der Waals surface area contributed by atoms with Crippen LogP contribution in [0.4, 0.5) is 5.69 Å². The van der Waals surface area contributed by atoms with Crippen LogP contribution >= 0.6 is 0 Å². The summed E-state index contributed by atoms with van der Waals surface area (Å²) in [6.45, 7) is 1.93. The van der Waals surface area contributed by atoms with E-state index in [9.17, 15) is 8.76 Å². The lowest BCUT2D eigenvalue weighted by atomic mass is 10.1. The van der Waals surface area contributed by atoms with Gasteiger partial charge in [0.2, 0.25) is 0 Å². The van der Waals surface area contributed by atoms with Gasteiger partial charge in [-0.1, -0.05) is 12.1 Å². The highest BCUT2D eigenvalue weighted by atomic mass is 32.2. The van der Waals surface area contributed by atoms with Crippen molar-refractivity contribution < 1.29 is 8.76 Å². The predicted octanol–water partition coefficient (Wildman–Crippen LogP) is 1.91. The predicted molar refractivity (Wildman–Crippen MR) is 59.7 cm³/mol. The molecular formula is C11H14NO2S-. The van der Waals surface area contributed by atoms with E-state index in [0.717, 1.165) is 31.6 Å². The van der Waals surface area contributed by atoms with Crippen LogP contribution in [0.15, 0.2) is 29.2 Å². The number of nitrogens with zero attached hydrogens (tertiary/aromatic N) is 1. The Morgan fingerprint density at radius 3 is 2.47 bits per heavy atom. The minimum Gasteiger partial charge on any atom is -0.768 e. The summed E-state index contributed by atoms with van der Waals surface area (Å²) < 4.78 is 22.1. The molecule has 15 heavy (non-hydrogen) atoms. The molecule has 2 rings (SSSR count). The lowest BCUT2D eigenvalue weighted by Crippen LogP contribution is -2.30. The highest BCUT2D eigenvalue weighted by molar-refractivity contribution is 7.79. The quantitative estimate of drug-likeness (QED) is 0.721. The first-order valence-electron chi connectivity index (χ1n) is 5.22. The van der Waals surface area contributed by atoms with E-state index in [0.29, 0.717) is 4.90 Å². The van der Waals surface area contributed by atoms with Gasteiger partial charge in [-0.2, -0.15) is 0 Å². The molecule has 0 spiro atoms. The highest BCUT2D eigenvalue weighted by Crippen LogP contribution is 2.25. The maximum Gasteiger partial charge on any atom is 0.0518 e. The van der Waals surface area contributed by atoms with E-state index in [-0.39, 0.29) is 0 Å². The van der Waals surface area contributed by atoms with Crippen LogP contribution in [0.1, 0.15) is 19.3 Å². The van der Waals surface area contributed by atoms with Gasteiger partial charge in [-0.05, 0) is 42.5 Å². The summed E-state index contributed by atoms with van der Waals surface area (Å²) in [4.78, 5) is 2.58. The Morgan fingerprint density at radius 1 is 1.13 bits per heavy atom. The average molecular weight is 224 g/mol. The summed E-state index contributed by atoms with van der Waals surface area (Å²) in [6.07, 6.45) is 3.55. The first kappa shape index (κ1) is 10.6. The van der Waals surface area contributed by atoms with Gasteiger partial charge < -0.3 is 9.45 Å². The van der Waals surface area contributed by atoms with Crippen LogP contribution in [-0.2, 0) is 11.1 Å². The molecule has 0 amide bonds. The topological polar surface area (TPSA) is 43.4 Å². The van der Waals surface area contributed by atoms with Crippen molar-refractivity contribution in [1.29, 1.82) is 0 Å². The number of piperidine rings is 1. The van der Waals surface area contributed by atoms with Crippen molar-refractivity contribution in [1.82, 2.24) is 0 Å². The summed E-state index contributed by atoms with van der Waals surface area (Å²) in [6, 6.07) is 7.20. The molecule has 1 aromatic rings. The monoisotopic (exact) mass is 224 g/mol. The summed E-state index contributed by atoms with van der Waals surface area (Å²) in [5.74, 6) is 0. The van der Waals surface area contributed by atoms with Crippen LogP contribution in [0, 0.1) is 0 Å². The van der Waals surface area contributed by atoms with E-state index < -0.39 is 11.1 Å². The fourth-order valence-electron chi connectivity index (χ4n) is 1.99. The largest absolute Gasteiger partial charge is 0.768 e. The molecule has 1 unspecified atom stereocenters. The Hall–Kier alpha value is -0.870. The molecule has 0 N–H and O–H groups in total. The molecule has 3 nitrogen and oxygen atoms in total. The molecular weight excluding hydrogens is 210 g/mol. The molecule has 1 aliphatic rings. The van der Waals surface area contributed by atoms with Crippen LogP contribution < -0.4 is 4.90 Å². The van der Waals surface area contributed by atoms with E-state index in [1.165, 1.54) is 6.42 Å². The number of benzene rings is 1. The van der Waals surface area contributed by atoms with Gasteiger partial charge in [-0.25, -0.2) is 0 Å². The number of hydrogen-bond acceptors (Lipinski definition) is 3. The first-order valence-corrected chi connectivity index (χ1v) is 6.30. The minimum absolute atomic E-state index is 0.416. The van der Waals surface area contributed by atoms with Gasteiger partial charge >= 0.3 is 0 Å². The van der Waals surface area contributed by atoms with Gasteiger partial charge in [0.15, 0.2) is 0 Å². The lowest BCUT2D eigenvalue weighted by Gasteiger charge is -2.30. The zero-order valence-corrected chi connectivity index (χ0v) is 9.33. The molecule has 1 saturated heterocycles. The van der Waals surface area contributed by atoms with Crippen molar-refractivity contribution in [3.8, 4) is 0 Å². The number of anilines is 1. The first-order chi connectivity index (χ1) is 7.29. The van der Waals surface area contributed by atoms with Gasteiger partial charge in [0.1, 0.15) is 0 Å². The standard InChI is InChI=1S/C11H15NO2S/c13-15(14)11-7-3-2-6-10(11)12-8-4-1-5-9-12/h2-3,6-7H,1,4-5,8-9H2,(H,13,14)/p-1. The third-order valence-electron chi connectivity index (χ3n) is 2.74. The third-order valence-corrected chi connectivity index (χ3v) is 3.45. The Bertz CT molecular complexity index is 361. The molecule has 0 aliphatic carbocycles. The maximum absolute atomic E-state index is 11.0. The van der Waals surface area contributed by atoms with Gasteiger partial charge in [0, 0.05) is 18.0 Å². The second kappa shape index (κ2) is 4.77. The molecule has 0 bridgehead atoms. The van der Waals surface area contributed by atoms with Gasteiger partial charge in [-0.15, -0.1) is 0 Å². The molecule has 0 saturated carbocycles. The van der Waals surface area contributed by atoms with Gasteiger partial charge in [0.05, 0.1) is 5.69 Å². The smallest absolute Gasteiger partial charge is 0.0518 e. The molecule has 1 aromatic carbocycles. The Balaban J connectivity index is 2.29. The van der Waals surface area contributed by atoms with Crippen LogP contribution in [0.5, 0.6) is 0 Å². The Labute approximate surface area is 92.4 Å². The van der Waals surface area contributed by atoms with Crippen LogP contribution in [0.25, 0.3) is 0 Å². The van der Waals surface area contributed by atoms with Gasteiger partial charge in [0.25, 0.3) is 0 Å². The lowest BCUT2D eigenvalue weighted by molar-refractivity contribution is 0.534. The molecule has 0 radical (unpaired) electrons. The van der Waals surface area contributed by atoms with Crippen LogP contribution in [-0.4, -0.2) is 21.9 Å². The second-order valence-corrected chi connectivity index (χ2v) is 4.66. The Kier molecular flexibility index (Phi) is 3.38. The van der Waals surface area contributed by atoms with Crippen molar-refractivity contribution >= 4 is 16.8 Å². The molecule has 1 atom stereocenters. The molecule has 1 aliphatic heterocycles. The van der Waals surface area contributed by atoms with Crippen LogP contribution in [0.3, 0.4) is 0 Å². The molecule has 1 heterocycles. The third kappa shape index (κ3) is 2.38. The van der Waals surface area contributed by atoms with E-state index in [2.05, 4.69) is 4.90 Å². The van der Waals surface area contributed by atoms with Crippen molar-refractivity contribution in [3.63, 3.8) is 0 Å². The number of rotatable bonds is 2. The van der Waals surface area contributed by atoms with Crippen molar-refractivity contribution in [2.75, 3.05) is 18.0 Å². The van der Waals surface area contributed by atoms with Crippen LogP contribution in [0.2, 0.25) is 0 Å². The fraction of sp³-hybridized carbons (Fsp3) is 0.455. The van der Waals surface area contributed by atoms with Crippen molar-refractivity contribution in [2.45, 2.75) is 24.2 Å². The van der Waals surface area contributed by atoms with E-state index in [1.807, 2.05) is 12.1 Å². The zero-order valence-electron chi connectivity index (χ0n) is 8.52. The van der Waals surface area contributed by atoms with Gasteiger partial charge in [-0.3, -0.25) is 4.21 Å². The molecule has 4 heteroatoms. The molecule has 1 fully saturated rings. The van der Waals surface area contributed by atoms with Crippen molar-refractivity contribution in [3.05, 3.63) is 24.3 Å². The maximum atomic E-state index is 11.0.